The maximum atomic E-state index is 13.0. The molecule has 3 amide bonds. The number of carbonyl (C=O) groups is 4. The summed E-state index contributed by atoms with van der Waals surface area (Å²) in [5.41, 5.74) is 1.63. The van der Waals surface area contributed by atoms with Gasteiger partial charge in [0.2, 0.25) is 11.8 Å². The van der Waals surface area contributed by atoms with E-state index in [4.69, 9.17) is 9.47 Å². The summed E-state index contributed by atoms with van der Waals surface area (Å²) in [7, 11) is 1.25. The van der Waals surface area contributed by atoms with Gasteiger partial charge in [0.15, 0.2) is 0 Å². The number of nitrogens with one attached hydrogen (secondary N) is 3. The summed E-state index contributed by atoms with van der Waals surface area (Å²) in [5, 5.41) is 7.65. The highest BCUT2D eigenvalue weighted by Crippen LogP contribution is 2.07. The maximum Gasteiger partial charge on any atom is 0.407 e. The van der Waals surface area contributed by atoms with Gasteiger partial charge < -0.3 is 25.4 Å². The van der Waals surface area contributed by atoms with Gasteiger partial charge in [-0.15, -0.1) is 0 Å². The second kappa shape index (κ2) is 13.6. The van der Waals surface area contributed by atoms with Crippen molar-refractivity contribution in [3.05, 3.63) is 71.8 Å². The van der Waals surface area contributed by atoms with E-state index in [2.05, 4.69) is 16.0 Å². The zero-order valence-electron chi connectivity index (χ0n) is 19.6. The van der Waals surface area contributed by atoms with Crippen molar-refractivity contribution in [1.29, 1.82) is 0 Å². The van der Waals surface area contributed by atoms with E-state index in [9.17, 15) is 19.2 Å². The normalized spacial score (nSPS) is 12.2. The largest absolute Gasteiger partial charge is 0.467 e. The van der Waals surface area contributed by atoms with Gasteiger partial charge in [0.25, 0.3) is 0 Å². The molecule has 0 fully saturated rings. The lowest BCUT2D eigenvalue weighted by Crippen LogP contribution is -2.55. The van der Waals surface area contributed by atoms with Crippen LogP contribution in [0.3, 0.4) is 0 Å². The Kier molecular flexibility index (Phi) is 10.6. The van der Waals surface area contributed by atoms with Crippen LogP contribution in [0.1, 0.15) is 25.0 Å². The van der Waals surface area contributed by atoms with Gasteiger partial charge in [-0.05, 0) is 17.0 Å². The molecule has 0 aromatic heterocycles. The van der Waals surface area contributed by atoms with Gasteiger partial charge in [-0.3, -0.25) is 9.59 Å². The highest BCUT2D eigenvalue weighted by molar-refractivity contribution is 5.92. The summed E-state index contributed by atoms with van der Waals surface area (Å²) < 4.78 is 9.85. The van der Waals surface area contributed by atoms with Crippen LogP contribution in [-0.4, -0.2) is 49.6 Å². The molecule has 9 nitrogen and oxygen atoms in total. The van der Waals surface area contributed by atoms with Gasteiger partial charge >= 0.3 is 12.1 Å². The number of ether oxygens (including phenoxy) is 2. The molecule has 0 saturated carbocycles. The zero-order valence-corrected chi connectivity index (χ0v) is 19.6. The lowest BCUT2D eigenvalue weighted by molar-refractivity contribution is -0.146. The minimum atomic E-state index is -0.969. The van der Waals surface area contributed by atoms with Crippen LogP contribution < -0.4 is 16.0 Å². The second-order valence-corrected chi connectivity index (χ2v) is 7.98. The van der Waals surface area contributed by atoms with E-state index in [-0.39, 0.29) is 25.5 Å². The minimum Gasteiger partial charge on any atom is -0.467 e. The lowest BCUT2D eigenvalue weighted by atomic mass is 10.0. The molecular formula is C25H31N3O6. The first-order valence-corrected chi connectivity index (χ1v) is 11.0. The third-order valence-electron chi connectivity index (χ3n) is 4.96. The molecule has 0 bridgehead atoms. The molecule has 34 heavy (non-hydrogen) atoms. The first-order valence-electron chi connectivity index (χ1n) is 11.0. The Morgan fingerprint density at radius 1 is 0.853 bits per heavy atom. The average Bonchev–Trinajstić information content (AvgIpc) is 2.84. The molecule has 0 aliphatic heterocycles. The van der Waals surface area contributed by atoms with E-state index < -0.39 is 36.0 Å². The van der Waals surface area contributed by atoms with Crippen molar-refractivity contribution in [2.24, 2.45) is 5.92 Å². The van der Waals surface area contributed by atoms with Gasteiger partial charge in [-0.25, -0.2) is 9.59 Å². The molecule has 2 atom stereocenters. The van der Waals surface area contributed by atoms with Crippen molar-refractivity contribution in [1.82, 2.24) is 16.0 Å². The number of carbonyl (C=O) groups excluding carboxylic acids is 4. The molecule has 0 radical (unpaired) electrons. The van der Waals surface area contributed by atoms with Crippen molar-refractivity contribution < 1.29 is 28.7 Å². The molecule has 0 aliphatic carbocycles. The van der Waals surface area contributed by atoms with Gasteiger partial charge in [0, 0.05) is 6.42 Å². The molecule has 0 spiro atoms. The van der Waals surface area contributed by atoms with Crippen LogP contribution >= 0.6 is 0 Å². The first-order chi connectivity index (χ1) is 16.3. The van der Waals surface area contributed by atoms with Crippen LogP contribution in [0.2, 0.25) is 0 Å². The number of esters is 1. The molecule has 2 aromatic carbocycles. The summed E-state index contributed by atoms with van der Waals surface area (Å²) in [6.45, 7) is 3.24. The summed E-state index contributed by atoms with van der Waals surface area (Å²) in [4.78, 5) is 49.4. The Morgan fingerprint density at radius 3 is 2.00 bits per heavy atom. The standard InChI is InChI=1S/C25H31N3O6/c1-17(2)22(24(31)33-3)28-23(30)20(14-18-10-6-4-7-11-18)27-21(29)15-26-25(32)34-16-19-12-8-5-9-13-19/h4-13,17,20,22H,14-16H2,1-3H3,(H,26,32)(H,27,29)(H,28,30)/t20-,22+/m1/s1. The van der Waals surface area contributed by atoms with Crippen LogP contribution in [0.15, 0.2) is 60.7 Å². The zero-order chi connectivity index (χ0) is 24.9. The molecule has 2 rings (SSSR count). The quantitative estimate of drug-likeness (QED) is 0.433. The average molecular weight is 470 g/mol. The number of methoxy groups -OCH3 is 1. The molecule has 0 aliphatic rings. The monoisotopic (exact) mass is 469 g/mol. The molecule has 2 aromatic rings. The predicted molar refractivity (Wildman–Crippen MR) is 125 cm³/mol. The fourth-order valence-corrected chi connectivity index (χ4v) is 3.11. The third kappa shape index (κ3) is 8.93. The van der Waals surface area contributed by atoms with Crippen molar-refractivity contribution in [3.63, 3.8) is 0 Å². The van der Waals surface area contributed by atoms with Crippen LogP contribution in [-0.2, 0) is 36.9 Å². The number of benzene rings is 2. The van der Waals surface area contributed by atoms with Crippen LogP contribution in [0.5, 0.6) is 0 Å². The summed E-state index contributed by atoms with van der Waals surface area (Å²) in [6, 6.07) is 16.4. The van der Waals surface area contributed by atoms with Gasteiger partial charge in [-0.1, -0.05) is 74.5 Å². The Balaban J connectivity index is 1.97. The smallest absolute Gasteiger partial charge is 0.407 e. The SMILES string of the molecule is COC(=O)[C@@H](NC(=O)[C@@H](Cc1ccccc1)NC(=O)CNC(=O)OCc1ccccc1)C(C)C. The predicted octanol–water partition coefficient (Wildman–Crippen LogP) is 1.95. The van der Waals surface area contributed by atoms with Crippen LogP contribution in [0, 0.1) is 5.92 Å². The van der Waals surface area contributed by atoms with E-state index in [0.29, 0.717) is 0 Å². The van der Waals surface area contributed by atoms with Crippen molar-refractivity contribution in [3.8, 4) is 0 Å². The summed E-state index contributed by atoms with van der Waals surface area (Å²) in [6.07, 6.45) is -0.559. The molecule has 0 unspecified atom stereocenters. The van der Waals surface area contributed by atoms with E-state index in [0.717, 1.165) is 11.1 Å². The van der Waals surface area contributed by atoms with Crippen LogP contribution in [0.25, 0.3) is 0 Å². The van der Waals surface area contributed by atoms with Crippen LogP contribution in [0.4, 0.5) is 4.79 Å². The fraction of sp³-hybridized carbons (Fsp3) is 0.360. The summed E-state index contributed by atoms with van der Waals surface area (Å²) >= 11 is 0. The van der Waals surface area contributed by atoms with Crippen molar-refractivity contribution in [2.75, 3.05) is 13.7 Å². The Labute approximate surface area is 199 Å². The number of amides is 3. The van der Waals surface area contributed by atoms with E-state index in [1.165, 1.54) is 7.11 Å². The maximum absolute atomic E-state index is 13.0. The van der Waals surface area contributed by atoms with Gasteiger partial charge in [0.05, 0.1) is 7.11 Å². The Morgan fingerprint density at radius 2 is 1.44 bits per heavy atom. The minimum absolute atomic E-state index is 0.0669. The first kappa shape index (κ1) is 26.4. The molecule has 0 saturated heterocycles. The van der Waals surface area contributed by atoms with Crippen molar-refractivity contribution >= 4 is 23.9 Å². The topological polar surface area (TPSA) is 123 Å². The molecule has 3 N–H and O–H groups in total. The highest BCUT2D eigenvalue weighted by atomic mass is 16.5. The van der Waals surface area contributed by atoms with E-state index >= 15 is 0 Å². The fourth-order valence-electron chi connectivity index (χ4n) is 3.11. The van der Waals surface area contributed by atoms with E-state index in [1.807, 2.05) is 60.7 Å². The number of hydrogen-bond donors (Lipinski definition) is 3. The summed E-state index contributed by atoms with van der Waals surface area (Å²) in [5.74, 6) is -1.90. The number of rotatable bonds is 11. The Bertz CT molecular complexity index is 950. The number of hydrogen-bond acceptors (Lipinski definition) is 6. The molecule has 182 valence electrons. The molecular weight excluding hydrogens is 438 g/mol. The van der Waals surface area contributed by atoms with Gasteiger partial charge in [-0.2, -0.15) is 0 Å². The van der Waals surface area contributed by atoms with Crippen molar-refractivity contribution in [2.45, 2.75) is 39.0 Å². The third-order valence-corrected chi connectivity index (χ3v) is 4.96. The lowest BCUT2D eigenvalue weighted by Gasteiger charge is -2.24. The van der Waals surface area contributed by atoms with Gasteiger partial charge in [0.1, 0.15) is 25.2 Å². The molecule has 9 heteroatoms. The highest BCUT2D eigenvalue weighted by Gasteiger charge is 2.29. The second-order valence-electron chi connectivity index (χ2n) is 7.98. The number of alkyl carbamates (subject to hydrolysis) is 1. The Hall–Kier alpha value is -3.88. The molecule has 0 heterocycles. The van der Waals surface area contributed by atoms with E-state index in [1.54, 1.807) is 13.8 Å².